The molecular weight excluding hydrogens is 510 g/mol. The summed E-state index contributed by atoms with van der Waals surface area (Å²) >= 11 is 0. The summed E-state index contributed by atoms with van der Waals surface area (Å²) in [5.74, 6) is 0.587. The summed E-state index contributed by atoms with van der Waals surface area (Å²) in [6, 6.07) is 0.405. The first-order valence-electron chi connectivity index (χ1n) is 9.23. The van der Waals surface area contributed by atoms with E-state index in [-0.39, 0.29) is 43.1 Å². The van der Waals surface area contributed by atoms with Crippen LogP contribution in [0.3, 0.4) is 0 Å². The molecule has 28 heavy (non-hydrogen) atoms. The highest BCUT2D eigenvalue weighted by molar-refractivity contribution is 14.0. The summed E-state index contributed by atoms with van der Waals surface area (Å²) in [7, 11) is -1.52. The van der Waals surface area contributed by atoms with Crippen molar-refractivity contribution in [2.24, 2.45) is 4.99 Å². The van der Waals surface area contributed by atoms with Gasteiger partial charge >= 0.3 is 15.5 Å². The van der Waals surface area contributed by atoms with Crippen molar-refractivity contribution in [2.45, 2.75) is 57.1 Å². The predicted molar refractivity (Wildman–Crippen MR) is 116 cm³/mol. The van der Waals surface area contributed by atoms with E-state index in [0.29, 0.717) is 29.1 Å². The fourth-order valence-electron chi connectivity index (χ4n) is 2.73. The van der Waals surface area contributed by atoms with E-state index in [0.717, 1.165) is 25.9 Å². The van der Waals surface area contributed by atoms with Gasteiger partial charge in [0, 0.05) is 38.8 Å². The SMILES string of the molecule is CN=C(NCCCCN(C)C(C)C)NC1CCN(S(=O)(=O)C(F)(F)F)CC1.I. The number of nitrogens with zero attached hydrogens (tertiary/aromatic N) is 3. The van der Waals surface area contributed by atoms with E-state index >= 15 is 0 Å². The maximum absolute atomic E-state index is 12.6. The second kappa shape index (κ2) is 12.4. The van der Waals surface area contributed by atoms with Crippen LogP contribution < -0.4 is 10.6 Å². The highest BCUT2D eigenvalue weighted by atomic mass is 127. The van der Waals surface area contributed by atoms with Gasteiger partial charge in [0.15, 0.2) is 5.96 Å². The van der Waals surface area contributed by atoms with Crippen molar-refractivity contribution in [1.82, 2.24) is 19.8 Å². The molecular formula is C16H33F3IN5O2S. The number of piperidine rings is 1. The van der Waals surface area contributed by atoms with Crippen molar-refractivity contribution in [3.63, 3.8) is 0 Å². The van der Waals surface area contributed by atoms with Crippen LogP contribution in [0.5, 0.6) is 0 Å². The fourth-order valence-corrected chi connectivity index (χ4v) is 3.71. The molecule has 7 nitrogen and oxygen atoms in total. The Morgan fingerprint density at radius 3 is 2.29 bits per heavy atom. The Hall–Kier alpha value is -0.340. The molecule has 0 radical (unpaired) electrons. The third kappa shape index (κ3) is 8.57. The molecule has 2 N–H and O–H groups in total. The van der Waals surface area contributed by atoms with Crippen LogP contribution >= 0.6 is 24.0 Å². The number of nitrogens with one attached hydrogen (secondary N) is 2. The maximum Gasteiger partial charge on any atom is 0.511 e. The molecule has 1 aliphatic rings. The largest absolute Gasteiger partial charge is 0.511 e. The van der Waals surface area contributed by atoms with Crippen LogP contribution in [0.15, 0.2) is 4.99 Å². The van der Waals surface area contributed by atoms with Crippen molar-refractivity contribution in [2.75, 3.05) is 40.3 Å². The summed E-state index contributed by atoms with van der Waals surface area (Å²) in [6.07, 6.45) is 2.62. The van der Waals surface area contributed by atoms with Gasteiger partial charge in [-0.05, 0) is 53.1 Å². The molecule has 0 aromatic heterocycles. The number of halogens is 4. The number of alkyl halides is 3. The number of guanidine groups is 1. The highest BCUT2D eigenvalue weighted by Crippen LogP contribution is 2.28. The number of hydrogen-bond donors (Lipinski definition) is 2. The lowest BCUT2D eigenvalue weighted by molar-refractivity contribution is -0.0494. The molecule has 0 aromatic carbocycles. The molecule has 12 heteroatoms. The Bertz CT molecular complexity index is 579. The molecule has 1 heterocycles. The molecule has 0 unspecified atom stereocenters. The summed E-state index contributed by atoms with van der Waals surface area (Å²) in [4.78, 5) is 6.40. The van der Waals surface area contributed by atoms with Gasteiger partial charge in [-0.3, -0.25) is 4.99 Å². The first-order valence-corrected chi connectivity index (χ1v) is 10.7. The van der Waals surface area contributed by atoms with Crippen LogP contribution in [0, 0.1) is 0 Å². The standard InChI is InChI=1S/C16H32F3N5O2S.HI/c1-13(2)23(4)10-6-5-9-21-15(20-3)22-14-7-11-24(12-8-14)27(25,26)16(17,18)19;/h13-14H,5-12H2,1-4H3,(H2,20,21,22);1H. The average molecular weight is 543 g/mol. The zero-order chi connectivity index (χ0) is 20.7. The van der Waals surface area contributed by atoms with Gasteiger partial charge < -0.3 is 15.5 Å². The summed E-state index contributed by atoms with van der Waals surface area (Å²) in [5, 5.41) is 6.35. The molecule has 0 aliphatic carbocycles. The van der Waals surface area contributed by atoms with E-state index in [2.05, 4.69) is 41.4 Å². The van der Waals surface area contributed by atoms with Gasteiger partial charge in [-0.2, -0.15) is 17.5 Å². The molecule has 0 aromatic rings. The summed E-state index contributed by atoms with van der Waals surface area (Å²) in [5.41, 5.74) is -5.24. The van der Waals surface area contributed by atoms with E-state index in [1.807, 2.05) is 0 Å². The number of hydrogen-bond acceptors (Lipinski definition) is 4. The van der Waals surface area contributed by atoms with E-state index in [4.69, 9.17) is 0 Å². The predicted octanol–water partition coefficient (Wildman–Crippen LogP) is 2.20. The van der Waals surface area contributed by atoms with Crippen LogP contribution in [-0.4, -0.2) is 81.4 Å². The minimum absolute atomic E-state index is 0. The molecule has 1 saturated heterocycles. The van der Waals surface area contributed by atoms with Crippen LogP contribution in [0.1, 0.15) is 39.5 Å². The monoisotopic (exact) mass is 543 g/mol. The molecule has 168 valence electrons. The van der Waals surface area contributed by atoms with Crippen LogP contribution in [-0.2, 0) is 10.0 Å². The van der Waals surface area contributed by atoms with Gasteiger partial charge in [-0.1, -0.05) is 0 Å². The van der Waals surface area contributed by atoms with Crippen molar-refractivity contribution in [1.29, 1.82) is 0 Å². The van der Waals surface area contributed by atoms with Crippen molar-refractivity contribution in [3.8, 4) is 0 Å². The molecule has 0 atom stereocenters. The van der Waals surface area contributed by atoms with Gasteiger partial charge in [0.25, 0.3) is 0 Å². The zero-order valence-electron chi connectivity index (χ0n) is 16.9. The normalized spacial score (nSPS) is 17.7. The van der Waals surface area contributed by atoms with Crippen LogP contribution in [0.25, 0.3) is 0 Å². The van der Waals surface area contributed by atoms with Gasteiger partial charge in [-0.25, -0.2) is 8.42 Å². The Balaban J connectivity index is 0.00000729. The fraction of sp³-hybridized carbons (Fsp3) is 0.938. The Labute approximate surface area is 183 Å². The molecule has 0 spiro atoms. The summed E-state index contributed by atoms with van der Waals surface area (Å²) in [6.45, 7) is 5.74. The van der Waals surface area contributed by atoms with Crippen LogP contribution in [0.2, 0.25) is 0 Å². The van der Waals surface area contributed by atoms with Gasteiger partial charge in [-0.15, -0.1) is 24.0 Å². The lowest BCUT2D eigenvalue weighted by atomic mass is 10.1. The topological polar surface area (TPSA) is 77.0 Å². The first-order chi connectivity index (χ1) is 12.5. The van der Waals surface area contributed by atoms with Crippen molar-refractivity contribution < 1.29 is 21.6 Å². The minimum atomic E-state index is -5.24. The zero-order valence-corrected chi connectivity index (χ0v) is 20.1. The van der Waals surface area contributed by atoms with E-state index in [1.165, 1.54) is 0 Å². The average Bonchev–Trinajstić information content (AvgIpc) is 2.59. The van der Waals surface area contributed by atoms with Crippen molar-refractivity contribution >= 4 is 40.0 Å². The summed E-state index contributed by atoms with van der Waals surface area (Å²) < 4.78 is 61.2. The van der Waals surface area contributed by atoms with E-state index in [9.17, 15) is 21.6 Å². The second-order valence-electron chi connectivity index (χ2n) is 7.05. The maximum atomic E-state index is 12.6. The minimum Gasteiger partial charge on any atom is -0.356 e. The Morgan fingerprint density at radius 2 is 1.82 bits per heavy atom. The molecule has 0 saturated carbocycles. The smallest absolute Gasteiger partial charge is 0.356 e. The number of aliphatic imine (C=N–C) groups is 1. The molecule has 1 fully saturated rings. The quantitative estimate of drug-likeness (QED) is 0.213. The first kappa shape index (κ1) is 27.7. The Kier molecular flexibility index (Phi) is 12.2. The molecule has 1 rings (SSSR count). The van der Waals surface area contributed by atoms with E-state index < -0.39 is 15.5 Å². The third-order valence-corrected chi connectivity index (χ3v) is 6.39. The van der Waals surface area contributed by atoms with Gasteiger partial charge in [0.1, 0.15) is 0 Å². The van der Waals surface area contributed by atoms with Crippen molar-refractivity contribution in [3.05, 3.63) is 0 Å². The lowest BCUT2D eigenvalue weighted by Gasteiger charge is -2.32. The molecule has 0 amide bonds. The number of rotatable bonds is 8. The van der Waals surface area contributed by atoms with Crippen LogP contribution in [0.4, 0.5) is 13.2 Å². The second-order valence-corrected chi connectivity index (χ2v) is 8.98. The Morgan fingerprint density at radius 1 is 1.25 bits per heavy atom. The van der Waals surface area contributed by atoms with Gasteiger partial charge in [0.05, 0.1) is 0 Å². The van der Waals surface area contributed by atoms with Gasteiger partial charge in [0.2, 0.25) is 0 Å². The third-order valence-electron chi connectivity index (χ3n) is 4.76. The number of unbranched alkanes of at least 4 members (excludes halogenated alkanes) is 1. The highest BCUT2D eigenvalue weighted by Gasteiger charge is 2.50. The molecule has 1 aliphatic heterocycles. The van der Waals surface area contributed by atoms with E-state index in [1.54, 1.807) is 7.05 Å². The molecule has 0 bridgehead atoms. The number of sulfonamides is 1. The lowest BCUT2D eigenvalue weighted by Crippen LogP contribution is -2.51.